The van der Waals surface area contributed by atoms with Crippen LogP contribution in [0.1, 0.15) is 12.7 Å². The number of aryl methyl sites for hydroxylation is 1. The summed E-state index contributed by atoms with van der Waals surface area (Å²) in [6.45, 7) is 1.91. The van der Waals surface area contributed by atoms with E-state index in [2.05, 4.69) is 20.3 Å². The summed E-state index contributed by atoms with van der Waals surface area (Å²) in [4.78, 5) is 12.0. The fourth-order valence-corrected chi connectivity index (χ4v) is 1.67. The topological polar surface area (TPSA) is 50.7 Å². The van der Waals surface area contributed by atoms with Crippen molar-refractivity contribution >= 4 is 34.8 Å². The zero-order chi connectivity index (χ0) is 13.1. The van der Waals surface area contributed by atoms with E-state index < -0.39 is 5.82 Å². The first kappa shape index (κ1) is 13.0. The molecule has 0 unspecified atom stereocenters. The quantitative estimate of drug-likeness (QED) is 0.936. The zero-order valence-corrected chi connectivity index (χ0v) is 10.9. The van der Waals surface area contributed by atoms with Crippen molar-refractivity contribution in [1.82, 2.24) is 15.0 Å². The molecule has 4 nitrogen and oxygen atoms in total. The molecule has 1 N–H and O–H groups in total. The molecular weight excluding hydrogens is 278 g/mol. The van der Waals surface area contributed by atoms with Crippen LogP contribution in [0.15, 0.2) is 18.2 Å². The molecule has 18 heavy (non-hydrogen) atoms. The molecule has 2 rings (SSSR count). The number of anilines is 2. The van der Waals surface area contributed by atoms with Gasteiger partial charge in [-0.1, -0.05) is 18.5 Å². The van der Waals surface area contributed by atoms with Crippen LogP contribution in [0.2, 0.25) is 10.3 Å². The van der Waals surface area contributed by atoms with Crippen molar-refractivity contribution in [2.24, 2.45) is 0 Å². The lowest BCUT2D eigenvalue weighted by molar-refractivity contribution is 0.628. The first-order valence-corrected chi connectivity index (χ1v) is 5.96. The molecule has 1 heterocycles. The number of hydrogen-bond donors (Lipinski definition) is 1. The van der Waals surface area contributed by atoms with Crippen LogP contribution in [0.4, 0.5) is 16.0 Å². The van der Waals surface area contributed by atoms with Crippen molar-refractivity contribution in [2.45, 2.75) is 13.3 Å². The first-order valence-electron chi connectivity index (χ1n) is 5.21. The van der Waals surface area contributed by atoms with Crippen LogP contribution in [0, 0.1) is 5.82 Å². The highest BCUT2D eigenvalue weighted by Gasteiger charge is 2.06. The zero-order valence-electron chi connectivity index (χ0n) is 9.41. The molecule has 2 aromatic rings. The maximum Gasteiger partial charge on any atom is 0.231 e. The maximum atomic E-state index is 13.0. The number of nitrogens with one attached hydrogen (secondary N) is 1. The van der Waals surface area contributed by atoms with Crippen molar-refractivity contribution < 1.29 is 4.39 Å². The molecule has 0 spiro atoms. The van der Waals surface area contributed by atoms with Gasteiger partial charge in [0.1, 0.15) is 11.6 Å². The lowest BCUT2D eigenvalue weighted by Crippen LogP contribution is -2.03. The van der Waals surface area contributed by atoms with Gasteiger partial charge in [0.25, 0.3) is 0 Å². The third-order valence-electron chi connectivity index (χ3n) is 2.15. The van der Waals surface area contributed by atoms with E-state index in [0.29, 0.717) is 23.9 Å². The summed E-state index contributed by atoms with van der Waals surface area (Å²) in [7, 11) is 0. The number of hydrogen-bond acceptors (Lipinski definition) is 4. The van der Waals surface area contributed by atoms with Crippen LogP contribution in [0.3, 0.4) is 0 Å². The van der Waals surface area contributed by atoms with Crippen molar-refractivity contribution in [3.63, 3.8) is 0 Å². The Hall–Kier alpha value is -1.46. The number of rotatable bonds is 3. The van der Waals surface area contributed by atoms with Crippen LogP contribution in [0.25, 0.3) is 0 Å². The molecule has 0 atom stereocenters. The first-order chi connectivity index (χ1) is 8.58. The fraction of sp³-hybridized carbons (Fsp3) is 0.182. The monoisotopic (exact) mass is 286 g/mol. The second-order valence-electron chi connectivity index (χ2n) is 3.45. The smallest absolute Gasteiger partial charge is 0.231 e. The molecule has 0 aliphatic carbocycles. The van der Waals surface area contributed by atoms with Crippen LogP contribution >= 0.6 is 23.2 Å². The van der Waals surface area contributed by atoms with Gasteiger partial charge < -0.3 is 5.32 Å². The van der Waals surface area contributed by atoms with Gasteiger partial charge in [-0.15, -0.1) is 0 Å². The van der Waals surface area contributed by atoms with Gasteiger partial charge in [-0.05, 0) is 29.8 Å². The molecule has 0 saturated carbocycles. The van der Waals surface area contributed by atoms with Gasteiger partial charge in [0.2, 0.25) is 11.2 Å². The van der Waals surface area contributed by atoms with E-state index in [1.54, 1.807) is 0 Å². The van der Waals surface area contributed by atoms with E-state index in [-0.39, 0.29) is 10.3 Å². The van der Waals surface area contributed by atoms with Gasteiger partial charge in [0.15, 0.2) is 0 Å². The van der Waals surface area contributed by atoms with Gasteiger partial charge >= 0.3 is 0 Å². The summed E-state index contributed by atoms with van der Waals surface area (Å²) in [5, 5.41) is 3.02. The highest BCUT2D eigenvalue weighted by atomic mass is 35.5. The largest absolute Gasteiger partial charge is 0.324 e. The molecule has 0 saturated heterocycles. The maximum absolute atomic E-state index is 13.0. The molecule has 0 aliphatic rings. The third kappa shape index (κ3) is 3.05. The summed E-state index contributed by atoms with van der Waals surface area (Å²) in [6, 6.07) is 4.24. The summed E-state index contributed by atoms with van der Waals surface area (Å²) >= 11 is 11.4. The number of benzene rings is 1. The lowest BCUT2D eigenvalue weighted by atomic mass is 10.3. The Labute approximate surface area is 113 Å². The minimum Gasteiger partial charge on any atom is -0.324 e. The van der Waals surface area contributed by atoms with Crippen LogP contribution in [-0.4, -0.2) is 15.0 Å². The van der Waals surface area contributed by atoms with E-state index in [1.165, 1.54) is 18.2 Å². The third-order valence-corrected chi connectivity index (χ3v) is 2.61. The van der Waals surface area contributed by atoms with E-state index in [4.69, 9.17) is 23.2 Å². The SMILES string of the molecule is CCc1nc(Cl)nc(Nc2ccc(F)c(Cl)c2)n1. The molecule has 7 heteroatoms. The molecule has 1 aromatic carbocycles. The second kappa shape index (κ2) is 5.46. The predicted octanol–water partition coefficient (Wildman–Crippen LogP) is 3.62. The molecule has 94 valence electrons. The van der Waals surface area contributed by atoms with Crippen molar-refractivity contribution in [2.75, 3.05) is 5.32 Å². The Morgan fingerprint density at radius 3 is 2.67 bits per heavy atom. The summed E-state index contributed by atoms with van der Waals surface area (Å²) in [6.07, 6.45) is 0.640. The van der Waals surface area contributed by atoms with Gasteiger partial charge in [-0.3, -0.25) is 0 Å². The molecule has 0 radical (unpaired) electrons. The van der Waals surface area contributed by atoms with Gasteiger partial charge in [-0.2, -0.15) is 9.97 Å². The predicted molar refractivity (Wildman–Crippen MR) is 68.9 cm³/mol. The Balaban J connectivity index is 2.27. The Bertz CT molecular complexity index is 577. The second-order valence-corrected chi connectivity index (χ2v) is 4.20. The van der Waals surface area contributed by atoms with Crippen LogP contribution < -0.4 is 5.32 Å². The van der Waals surface area contributed by atoms with Crippen LogP contribution in [0.5, 0.6) is 0 Å². The van der Waals surface area contributed by atoms with Gasteiger partial charge in [0.05, 0.1) is 5.02 Å². The van der Waals surface area contributed by atoms with Crippen molar-refractivity contribution in [1.29, 1.82) is 0 Å². The average Bonchev–Trinajstić information content (AvgIpc) is 2.33. The fourth-order valence-electron chi connectivity index (χ4n) is 1.31. The van der Waals surface area contributed by atoms with Crippen molar-refractivity contribution in [3.8, 4) is 0 Å². The highest BCUT2D eigenvalue weighted by Crippen LogP contribution is 2.21. The van der Waals surface area contributed by atoms with E-state index in [0.717, 1.165) is 0 Å². The lowest BCUT2D eigenvalue weighted by Gasteiger charge is -2.06. The molecule has 0 fully saturated rings. The number of nitrogens with zero attached hydrogens (tertiary/aromatic N) is 3. The Morgan fingerprint density at radius 1 is 1.22 bits per heavy atom. The van der Waals surface area contributed by atoms with E-state index >= 15 is 0 Å². The standard InChI is InChI=1S/C11H9Cl2FN4/c1-2-9-16-10(13)18-11(17-9)15-6-3-4-8(14)7(12)5-6/h3-5H,2H2,1H3,(H,15,16,17,18). The normalized spacial score (nSPS) is 10.4. The summed E-state index contributed by atoms with van der Waals surface area (Å²) in [5.74, 6) is 0.394. The molecule has 0 bridgehead atoms. The van der Waals surface area contributed by atoms with Crippen molar-refractivity contribution in [3.05, 3.63) is 40.1 Å². The Morgan fingerprint density at radius 2 is 2.00 bits per heavy atom. The Kier molecular flexibility index (Phi) is 3.93. The molecule has 1 aromatic heterocycles. The minimum atomic E-state index is -0.481. The number of halogens is 3. The van der Waals surface area contributed by atoms with E-state index in [1.807, 2.05) is 6.92 Å². The minimum absolute atomic E-state index is 0.0240. The van der Waals surface area contributed by atoms with Gasteiger partial charge in [-0.25, -0.2) is 9.37 Å². The summed E-state index contributed by atoms with van der Waals surface area (Å²) in [5.41, 5.74) is 0.575. The van der Waals surface area contributed by atoms with Gasteiger partial charge in [0, 0.05) is 12.1 Å². The number of aromatic nitrogens is 3. The highest BCUT2D eigenvalue weighted by molar-refractivity contribution is 6.31. The van der Waals surface area contributed by atoms with E-state index in [9.17, 15) is 4.39 Å². The average molecular weight is 287 g/mol. The summed E-state index contributed by atoms with van der Waals surface area (Å²) < 4.78 is 13.0. The molecule has 0 amide bonds. The molecule has 0 aliphatic heterocycles. The van der Waals surface area contributed by atoms with Crippen LogP contribution in [-0.2, 0) is 6.42 Å². The molecular formula is C11H9Cl2FN4.